The average molecular weight is 397 g/mol. The van der Waals surface area contributed by atoms with Gasteiger partial charge in [0.25, 0.3) is 5.91 Å². The minimum Gasteiger partial charge on any atom is -0.394 e. The maximum absolute atomic E-state index is 12.4. The molecule has 2 amide bonds. The van der Waals surface area contributed by atoms with Crippen LogP contribution in [0.2, 0.25) is 0 Å². The number of aliphatic hydroxyl groups is 1. The van der Waals surface area contributed by atoms with E-state index in [9.17, 15) is 14.7 Å². The van der Waals surface area contributed by atoms with Gasteiger partial charge >= 0.3 is 0 Å². The fourth-order valence-corrected chi connectivity index (χ4v) is 3.53. The van der Waals surface area contributed by atoms with Crippen molar-refractivity contribution in [2.45, 2.75) is 50.5 Å². The molecule has 2 aromatic rings. The van der Waals surface area contributed by atoms with Crippen LogP contribution in [-0.4, -0.2) is 46.8 Å². The van der Waals surface area contributed by atoms with Gasteiger partial charge < -0.3 is 20.5 Å². The number of rotatable bonds is 7. The number of pyridine rings is 1. The summed E-state index contributed by atoms with van der Waals surface area (Å²) < 4.78 is 5.90. The van der Waals surface area contributed by atoms with Gasteiger partial charge in [-0.2, -0.15) is 0 Å². The van der Waals surface area contributed by atoms with Gasteiger partial charge in [-0.05, 0) is 37.5 Å². The number of benzene rings is 1. The first-order chi connectivity index (χ1) is 14.1. The Balaban J connectivity index is 1.50. The summed E-state index contributed by atoms with van der Waals surface area (Å²) in [7, 11) is 0. The van der Waals surface area contributed by atoms with Crippen LogP contribution in [0.15, 0.2) is 54.9 Å². The van der Waals surface area contributed by atoms with Gasteiger partial charge in [-0.15, -0.1) is 0 Å². The zero-order valence-corrected chi connectivity index (χ0v) is 16.5. The lowest BCUT2D eigenvalue weighted by Gasteiger charge is -2.36. The molecule has 1 aromatic carbocycles. The number of carbonyl (C=O) groups is 2. The van der Waals surface area contributed by atoms with Crippen molar-refractivity contribution < 1.29 is 19.4 Å². The van der Waals surface area contributed by atoms with Gasteiger partial charge in [-0.3, -0.25) is 14.6 Å². The monoisotopic (exact) mass is 397 g/mol. The standard InChI is InChI=1S/C22H27N3O4/c1-15(16-6-3-2-4-7-16)24-21(27)12-18-9-10-19(20(14-26)29-18)25-22(28)17-8-5-11-23-13-17/h2-8,11,13,15,18-20,26H,9-10,12,14H2,1H3,(H,24,27)(H,25,28)/t15-,18-,19-,20-/m1/s1. The van der Waals surface area contributed by atoms with Crippen LogP contribution in [-0.2, 0) is 9.53 Å². The zero-order chi connectivity index (χ0) is 20.6. The quantitative estimate of drug-likeness (QED) is 0.663. The molecule has 1 saturated heterocycles. The molecule has 154 valence electrons. The summed E-state index contributed by atoms with van der Waals surface area (Å²) in [6, 6.07) is 12.7. The molecule has 1 aromatic heterocycles. The molecule has 7 nitrogen and oxygen atoms in total. The molecule has 29 heavy (non-hydrogen) atoms. The Hall–Kier alpha value is -2.77. The minimum atomic E-state index is -0.547. The van der Waals surface area contributed by atoms with E-state index in [1.54, 1.807) is 18.3 Å². The van der Waals surface area contributed by atoms with Gasteiger partial charge in [-0.25, -0.2) is 0 Å². The third kappa shape index (κ3) is 5.85. The molecule has 0 saturated carbocycles. The fourth-order valence-electron chi connectivity index (χ4n) is 3.53. The number of amides is 2. The van der Waals surface area contributed by atoms with E-state index in [2.05, 4.69) is 15.6 Å². The molecule has 2 heterocycles. The second-order valence-corrected chi connectivity index (χ2v) is 7.28. The molecule has 1 aliphatic rings. The largest absolute Gasteiger partial charge is 0.394 e. The van der Waals surface area contributed by atoms with Crippen LogP contribution in [0.3, 0.4) is 0 Å². The Morgan fingerprint density at radius 2 is 2.00 bits per heavy atom. The fraction of sp³-hybridized carbons (Fsp3) is 0.409. The number of aliphatic hydroxyl groups excluding tert-OH is 1. The number of ether oxygens (including phenoxy) is 1. The summed E-state index contributed by atoms with van der Waals surface area (Å²) in [5.41, 5.74) is 1.50. The van der Waals surface area contributed by atoms with Crippen LogP contribution in [0.5, 0.6) is 0 Å². The molecule has 1 fully saturated rings. The third-order valence-corrected chi connectivity index (χ3v) is 5.13. The van der Waals surface area contributed by atoms with E-state index in [1.165, 1.54) is 6.20 Å². The van der Waals surface area contributed by atoms with Crippen LogP contribution < -0.4 is 10.6 Å². The van der Waals surface area contributed by atoms with E-state index in [0.717, 1.165) is 5.56 Å². The molecule has 1 aliphatic heterocycles. The Morgan fingerprint density at radius 3 is 2.69 bits per heavy atom. The van der Waals surface area contributed by atoms with E-state index in [-0.39, 0.29) is 43.0 Å². The summed E-state index contributed by atoms with van der Waals surface area (Å²) in [6.45, 7) is 1.71. The van der Waals surface area contributed by atoms with Gasteiger partial charge in [0.15, 0.2) is 0 Å². The van der Waals surface area contributed by atoms with Crippen molar-refractivity contribution in [1.29, 1.82) is 0 Å². The highest BCUT2D eigenvalue weighted by Gasteiger charge is 2.33. The molecule has 3 N–H and O–H groups in total. The van der Waals surface area contributed by atoms with Gasteiger partial charge in [-0.1, -0.05) is 30.3 Å². The Morgan fingerprint density at radius 1 is 1.21 bits per heavy atom. The first kappa shape index (κ1) is 21.0. The summed E-state index contributed by atoms with van der Waals surface area (Å²) in [5.74, 6) is -0.348. The van der Waals surface area contributed by atoms with Crippen LogP contribution in [0.4, 0.5) is 0 Å². The van der Waals surface area contributed by atoms with Gasteiger partial charge in [0.1, 0.15) is 6.10 Å². The topological polar surface area (TPSA) is 101 Å². The van der Waals surface area contributed by atoms with Gasteiger partial charge in [0.2, 0.25) is 5.91 Å². The van der Waals surface area contributed by atoms with Crippen molar-refractivity contribution in [2.75, 3.05) is 6.61 Å². The molecule has 0 radical (unpaired) electrons. The second kappa shape index (κ2) is 10.1. The van der Waals surface area contributed by atoms with Crippen molar-refractivity contribution in [3.8, 4) is 0 Å². The number of hydrogen-bond acceptors (Lipinski definition) is 5. The average Bonchev–Trinajstić information content (AvgIpc) is 2.75. The highest BCUT2D eigenvalue weighted by atomic mass is 16.5. The lowest BCUT2D eigenvalue weighted by molar-refractivity contribution is -0.131. The number of hydrogen-bond donors (Lipinski definition) is 3. The van der Waals surface area contributed by atoms with Gasteiger partial charge in [0, 0.05) is 12.4 Å². The van der Waals surface area contributed by atoms with Crippen molar-refractivity contribution >= 4 is 11.8 Å². The molecule has 7 heteroatoms. The molecule has 0 spiro atoms. The predicted octanol–water partition coefficient (Wildman–Crippen LogP) is 1.99. The summed E-state index contributed by atoms with van der Waals surface area (Å²) >= 11 is 0. The molecule has 0 bridgehead atoms. The van der Waals surface area contributed by atoms with Crippen molar-refractivity contribution in [1.82, 2.24) is 15.6 Å². The normalized spacial score (nSPS) is 22.5. The van der Waals surface area contributed by atoms with Crippen LogP contribution >= 0.6 is 0 Å². The third-order valence-electron chi connectivity index (χ3n) is 5.13. The Bertz CT molecular complexity index is 800. The molecule has 0 aliphatic carbocycles. The van der Waals surface area contributed by atoms with Crippen molar-refractivity contribution in [3.63, 3.8) is 0 Å². The molecule has 3 rings (SSSR count). The predicted molar refractivity (Wildman–Crippen MR) is 108 cm³/mol. The van der Waals surface area contributed by atoms with E-state index < -0.39 is 6.10 Å². The van der Waals surface area contributed by atoms with E-state index in [0.29, 0.717) is 18.4 Å². The zero-order valence-electron chi connectivity index (χ0n) is 16.5. The van der Waals surface area contributed by atoms with E-state index in [1.807, 2.05) is 37.3 Å². The number of nitrogens with one attached hydrogen (secondary N) is 2. The van der Waals surface area contributed by atoms with Gasteiger partial charge in [0.05, 0.1) is 36.8 Å². The summed E-state index contributed by atoms with van der Waals surface area (Å²) in [4.78, 5) is 28.7. The van der Waals surface area contributed by atoms with Crippen molar-refractivity contribution in [3.05, 3.63) is 66.0 Å². The molecule has 4 atom stereocenters. The van der Waals surface area contributed by atoms with Crippen LogP contribution in [0, 0.1) is 0 Å². The summed E-state index contributed by atoms with van der Waals surface area (Å²) in [6.07, 6.45) is 3.73. The van der Waals surface area contributed by atoms with Crippen LogP contribution in [0.25, 0.3) is 0 Å². The van der Waals surface area contributed by atoms with Crippen LogP contribution in [0.1, 0.15) is 48.1 Å². The first-order valence-corrected chi connectivity index (χ1v) is 9.88. The lowest BCUT2D eigenvalue weighted by atomic mass is 9.96. The highest BCUT2D eigenvalue weighted by molar-refractivity contribution is 5.94. The van der Waals surface area contributed by atoms with Crippen molar-refractivity contribution in [2.24, 2.45) is 0 Å². The number of nitrogens with zero attached hydrogens (tertiary/aromatic N) is 1. The molecular formula is C22H27N3O4. The smallest absolute Gasteiger partial charge is 0.253 e. The second-order valence-electron chi connectivity index (χ2n) is 7.28. The Labute approximate surface area is 170 Å². The number of carbonyl (C=O) groups excluding carboxylic acids is 2. The maximum atomic E-state index is 12.4. The Kier molecular flexibility index (Phi) is 7.32. The maximum Gasteiger partial charge on any atom is 0.253 e. The summed E-state index contributed by atoms with van der Waals surface area (Å²) in [5, 5.41) is 15.6. The SMILES string of the molecule is C[C@@H](NC(=O)C[C@H]1CC[C@@H](NC(=O)c2cccnc2)[C@@H](CO)O1)c1ccccc1. The first-order valence-electron chi connectivity index (χ1n) is 9.88. The van der Waals surface area contributed by atoms with E-state index >= 15 is 0 Å². The van der Waals surface area contributed by atoms with E-state index in [4.69, 9.17) is 4.74 Å². The highest BCUT2D eigenvalue weighted by Crippen LogP contribution is 2.23. The molecule has 0 unspecified atom stereocenters. The molecular weight excluding hydrogens is 370 g/mol. The lowest BCUT2D eigenvalue weighted by Crippen LogP contribution is -2.51. The minimum absolute atomic E-state index is 0.0903. The number of aromatic nitrogens is 1.